The molecule has 0 saturated heterocycles. The second-order valence-electron chi connectivity index (χ2n) is 5.24. The smallest absolute Gasteiger partial charge is 0.295 e. The van der Waals surface area contributed by atoms with E-state index < -0.39 is 5.91 Å². The summed E-state index contributed by atoms with van der Waals surface area (Å²) in [7, 11) is 0. The Morgan fingerprint density at radius 1 is 1.16 bits per heavy atom. The molecule has 1 heterocycles. The Labute approximate surface area is 144 Å². The minimum Gasteiger partial charge on any atom is -0.489 e. The number of rotatable bonds is 6. The van der Waals surface area contributed by atoms with Crippen LogP contribution in [0.25, 0.3) is 0 Å². The molecule has 3 aromatic rings. The molecule has 7 heteroatoms. The number of hydrogen-bond donors (Lipinski definition) is 1. The largest absolute Gasteiger partial charge is 0.489 e. The molecule has 0 aliphatic heterocycles. The molecule has 0 unspecified atom stereocenters. The normalized spacial score (nSPS) is 10.8. The van der Waals surface area contributed by atoms with E-state index in [4.69, 9.17) is 4.74 Å². The van der Waals surface area contributed by atoms with Crippen molar-refractivity contribution < 1.29 is 14.2 Å². The van der Waals surface area contributed by atoms with Gasteiger partial charge in [0.25, 0.3) is 5.91 Å². The maximum Gasteiger partial charge on any atom is 0.295 e. The molecule has 0 atom stereocenters. The molecule has 126 valence electrons. The van der Waals surface area contributed by atoms with Gasteiger partial charge in [0.05, 0.1) is 6.21 Å². The summed E-state index contributed by atoms with van der Waals surface area (Å²) < 4.78 is 10.2. The quantitative estimate of drug-likeness (QED) is 0.552. The van der Waals surface area contributed by atoms with Crippen molar-refractivity contribution in [2.75, 3.05) is 0 Å². The first kappa shape index (κ1) is 16.4. The summed E-state index contributed by atoms with van der Waals surface area (Å²) in [5.41, 5.74) is 4.82. The maximum atomic E-state index is 11.8. The number of amides is 1. The van der Waals surface area contributed by atoms with Crippen molar-refractivity contribution in [2.24, 2.45) is 5.10 Å². The zero-order chi connectivity index (χ0) is 17.5. The molecule has 0 bridgehead atoms. The number of carbonyl (C=O) groups excluding carboxylic acids is 1. The molecule has 25 heavy (non-hydrogen) atoms. The fourth-order valence-electron chi connectivity index (χ4n) is 2.05. The number of nitrogens with one attached hydrogen (secondary N) is 1. The molecule has 3 rings (SSSR count). The summed E-state index contributed by atoms with van der Waals surface area (Å²) in [5, 5.41) is 10.9. The van der Waals surface area contributed by atoms with Crippen LogP contribution in [0.15, 0.2) is 64.3 Å². The van der Waals surface area contributed by atoms with Crippen LogP contribution in [0.3, 0.4) is 0 Å². The lowest BCUT2D eigenvalue weighted by Crippen LogP contribution is -2.19. The summed E-state index contributed by atoms with van der Waals surface area (Å²) >= 11 is 0. The van der Waals surface area contributed by atoms with Gasteiger partial charge in [-0.15, -0.1) is 0 Å². The zero-order valence-electron chi connectivity index (χ0n) is 13.5. The van der Waals surface area contributed by atoms with Crippen molar-refractivity contribution in [2.45, 2.75) is 13.5 Å². The van der Waals surface area contributed by atoms with Gasteiger partial charge in [0.2, 0.25) is 0 Å². The van der Waals surface area contributed by atoms with Crippen molar-refractivity contribution in [1.29, 1.82) is 0 Å². The second-order valence-corrected chi connectivity index (χ2v) is 5.24. The van der Waals surface area contributed by atoms with Crippen LogP contribution in [0.2, 0.25) is 0 Å². The number of carbonyl (C=O) groups is 1. The Bertz CT molecular complexity index is 858. The van der Waals surface area contributed by atoms with E-state index in [9.17, 15) is 4.79 Å². The Balaban J connectivity index is 1.52. The molecule has 7 nitrogen and oxygen atoms in total. The number of ether oxygens (including phenoxy) is 1. The predicted octanol–water partition coefficient (Wildman–Crippen LogP) is 2.72. The number of hydrogen-bond acceptors (Lipinski definition) is 6. The summed E-state index contributed by atoms with van der Waals surface area (Å²) in [4.78, 5) is 11.8. The van der Waals surface area contributed by atoms with Crippen LogP contribution in [0.5, 0.6) is 5.75 Å². The lowest BCUT2D eigenvalue weighted by atomic mass is 10.2. The molecule has 0 radical (unpaired) electrons. The first-order valence-electron chi connectivity index (χ1n) is 7.62. The average Bonchev–Trinajstić information content (AvgIpc) is 3.08. The van der Waals surface area contributed by atoms with Crippen LogP contribution in [-0.2, 0) is 6.61 Å². The van der Waals surface area contributed by atoms with Gasteiger partial charge in [0, 0.05) is 0 Å². The minimum absolute atomic E-state index is 0.113. The van der Waals surface area contributed by atoms with E-state index >= 15 is 0 Å². The summed E-state index contributed by atoms with van der Waals surface area (Å²) in [6, 6.07) is 17.3. The van der Waals surface area contributed by atoms with Crippen molar-refractivity contribution in [3.8, 4) is 5.75 Å². The number of hydrazone groups is 1. The van der Waals surface area contributed by atoms with E-state index in [1.807, 2.05) is 54.6 Å². The second kappa shape index (κ2) is 7.87. The highest BCUT2D eigenvalue weighted by Gasteiger charge is 2.13. The zero-order valence-corrected chi connectivity index (χ0v) is 13.5. The molecule has 1 amide bonds. The van der Waals surface area contributed by atoms with Crippen molar-refractivity contribution in [1.82, 2.24) is 15.7 Å². The Morgan fingerprint density at radius 2 is 1.92 bits per heavy atom. The molecular formula is C18H16N4O3. The van der Waals surface area contributed by atoms with Gasteiger partial charge < -0.3 is 4.74 Å². The van der Waals surface area contributed by atoms with Gasteiger partial charge in [-0.25, -0.2) is 10.1 Å². The fraction of sp³-hybridized carbons (Fsp3) is 0.111. The molecule has 1 N–H and O–H groups in total. The fourth-order valence-corrected chi connectivity index (χ4v) is 2.05. The number of benzene rings is 2. The van der Waals surface area contributed by atoms with Crippen LogP contribution in [0.1, 0.15) is 27.3 Å². The monoisotopic (exact) mass is 336 g/mol. The van der Waals surface area contributed by atoms with E-state index in [1.54, 1.807) is 6.92 Å². The highest BCUT2D eigenvalue weighted by molar-refractivity contribution is 5.93. The van der Waals surface area contributed by atoms with Gasteiger partial charge in [-0.1, -0.05) is 35.5 Å². The highest BCUT2D eigenvalue weighted by Crippen LogP contribution is 2.13. The van der Waals surface area contributed by atoms with Gasteiger partial charge in [-0.2, -0.15) is 5.10 Å². The third-order valence-corrected chi connectivity index (χ3v) is 3.38. The van der Waals surface area contributed by atoms with Gasteiger partial charge in [-0.3, -0.25) is 4.79 Å². The SMILES string of the molecule is Cc1nonc1C(=O)N/N=C/c1ccc(OCc2ccccc2)cc1. The van der Waals surface area contributed by atoms with E-state index in [0.29, 0.717) is 12.3 Å². The van der Waals surface area contributed by atoms with Crippen molar-refractivity contribution >= 4 is 12.1 Å². The molecule has 0 fully saturated rings. The van der Waals surface area contributed by atoms with Crippen LogP contribution < -0.4 is 10.2 Å². The van der Waals surface area contributed by atoms with Crippen LogP contribution in [-0.4, -0.2) is 22.4 Å². The van der Waals surface area contributed by atoms with Gasteiger partial charge >= 0.3 is 0 Å². The van der Waals surface area contributed by atoms with Gasteiger partial charge in [-0.05, 0) is 47.5 Å². The number of aryl methyl sites for hydroxylation is 1. The van der Waals surface area contributed by atoms with Crippen LogP contribution in [0, 0.1) is 6.92 Å². The third kappa shape index (κ3) is 4.51. The molecule has 0 saturated carbocycles. The van der Waals surface area contributed by atoms with E-state index in [1.165, 1.54) is 6.21 Å². The lowest BCUT2D eigenvalue weighted by Gasteiger charge is -2.06. The van der Waals surface area contributed by atoms with E-state index in [2.05, 4.69) is 25.5 Å². The number of aromatic nitrogens is 2. The predicted molar refractivity (Wildman–Crippen MR) is 91.3 cm³/mol. The Morgan fingerprint density at radius 3 is 2.60 bits per heavy atom. The summed E-state index contributed by atoms with van der Waals surface area (Å²) in [6.45, 7) is 2.14. The maximum absolute atomic E-state index is 11.8. The summed E-state index contributed by atoms with van der Waals surface area (Å²) in [6.07, 6.45) is 1.53. The molecule has 0 aliphatic rings. The lowest BCUT2D eigenvalue weighted by molar-refractivity contribution is 0.0945. The van der Waals surface area contributed by atoms with Gasteiger partial charge in [0.1, 0.15) is 18.1 Å². The van der Waals surface area contributed by atoms with Crippen molar-refractivity contribution in [3.05, 3.63) is 77.1 Å². The van der Waals surface area contributed by atoms with Crippen molar-refractivity contribution in [3.63, 3.8) is 0 Å². The Kier molecular flexibility index (Phi) is 5.16. The molecule has 1 aromatic heterocycles. The minimum atomic E-state index is -0.474. The summed E-state index contributed by atoms with van der Waals surface area (Å²) in [5.74, 6) is 0.284. The number of nitrogens with zero attached hydrogens (tertiary/aromatic N) is 3. The topological polar surface area (TPSA) is 89.6 Å². The van der Waals surface area contributed by atoms with Crippen LogP contribution in [0.4, 0.5) is 0 Å². The van der Waals surface area contributed by atoms with E-state index in [-0.39, 0.29) is 5.69 Å². The highest BCUT2D eigenvalue weighted by atomic mass is 16.6. The first-order valence-corrected chi connectivity index (χ1v) is 7.62. The molecule has 0 aliphatic carbocycles. The van der Waals surface area contributed by atoms with Gasteiger partial charge in [0.15, 0.2) is 5.69 Å². The van der Waals surface area contributed by atoms with E-state index in [0.717, 1.165) is 16.9 Å². The van der Waals surface area contributed by atoms with Crippen LogP contribution >= 0.6 is 0 Å². The average molecular weight is 336 g/mol. The first-order chi connectivity index (χ1) is 12.2. The standard InChI is InChI=1S/C18H16N4O3/c1-13-17(22-25-21-13)18(23)20-19-11-14-7-9-16(10-8-14)24-12-15-5-3-2-4-6-15/h2-11H,12H2,1H3,(H,20,23)/b19-11+. The molecular weight excluding hydrogens is 320 g/mol. The molecule has 2 aromatic carbocycles. The molecule has 0 spiro atoms. The Hall–Kier alpha value is -3.48. The third-order valence-electron chi connectivity index (χ3n) is 3.38.